The number of carbonyl (C=O) groups is 1. The minimum Gasteiger partial charge on any atom is -0.393 e. The first kappa shape index (κ1) is 17.7. The minimum absolute atomic E-state index is 0.0106. The molecular weight excluding hydrogens is 316 g/mol. The zero-order chi connectivity index (χ0) is 17.8. The van der Waals surface area contributed by atoms with Gasteiger partial charge in [0.05, 0.1) is 6.10 Å². The lowest BCUT2D eigenvalue weighted by Gasteiger charge is -2.38. The Morgan fingerprint density at radius 3 is 2.64 bits per heavy atom. The molecule has 2 aromatic rings. The predicted octanol–water partition coefficient (Wildman–Crippen LogP) is 2.99. The Morgan fingerprint density at radius 1 is 1.28 bits per heavy atom. The standard InChI is InChI=1S/C20H26N2O3/c1-13(2)8-17-12-19(22-25-17)20(24)21-18(15-10-16(23)11-15)9-14-6-4-3-5-7-14/h3-7,12-13,15-16,18,23H,8-11H2,1-2H3,(H,21,24)/t15?,16?,18-/m0/s1. The molecule has 1 aliphatic rings. The number of hydrogen-bond acceptors (Lipinski definition) is 4. The Bertz CT molecular complexity index is 690. The monoisotopic (exact) mass is 342 g/mol. The maximum atomic E-state index is 12.6. The number of amides is 1. The summed E-state index contributed by atoms with van der Waals surface area (Å²) in [5.74, 6) is 1.27. The molecule has 1 heterocycles. The maximum absolute atomic E-state index is 12.6. The third-order valence-corrected chi connectivity index (χ3v) is 4.73. The zero-order valence-electron chi connectivity index (χ0n) is 14.8. The lowest BCUT2D eigenvalue weighted by Crippen LogP contribution is -2.48. The van der Waals surface area contributed by atoms with Gasteiger partial charge in [0.15, 0.2) is 5.69 Å². The number of aliphatic hydroxyl groups excluding tert-OH is 1. The van der Waals surface area contributed by atoms with Crippen LogP contribution in [0, 0.1) is 11.8 Å². The molecule has 1 fully saturated rings. The first-order chi connectivity index (χ1) is 12.0. The van der Waals surface area contributed by atoms with E-state index >= 15 is 0 Å². The van der Waals surface area contributed by atoms with E-state index in [-0.39, 0.29) is 18.1 Å². The molecule has 1 amide bonds. The van der Waals surface area contributed by atoms with Gasteiger partial charge in [0.2, 0.25) is 0 Å². The normalized spacial score (nSPS) is 21.0. The van der Waals surface area contributed by atoms with Gasteiger partial charge in [-0.2, -0.15) is 0 Å². The third kappa shape index (κ3) is 4.69. The van der Waals surface area contributed by atoms with Crippen molar-refractivity contribution in [2.75, 3.05) is 0 Å². The van der Waals surface area contributed by atoms with Crippen molar-refractivity contribution < 1.29 is 14.4 Å². The van der Waals surface area contributed by atoms with Gasteiger partial charge in [0.25, 0.3) is 5.91 Å². The highest BCUT2D eigenvalue weighted by Gasteiger charge is 2.35. The second kappa shape index (κ2) is 7.83. The molecule has 5 nitrogen and oxygen atoms in total. The molecule has 1 saturated carbocycles. The topological polar surface area (TPSA) is 75.4 Å². The number of hydrogen-bond donors (Lipinski definition) is 2. The summed E-state index contributed by atoms with van der Waals surface area (Å²) in [7, 11) is 0. The van der Waals surface area contributed by atoms with Gasteiger partial charge < -0.3 is 14.9 Å². The summed E-state index contributed by atoms with van der Waals surface area (Å²) in [6.45, 7) is 4.19. The molecule has 3 rings (SSSR count). The molecule has 25 heavy (non-hydrogen) atoms. The SMILES string of the molecule is CC(C)Cc1cc(C(=O)N[C@@H](Cc2ccccc2)C2CC(O)C2)no1. The molecule has 0 saturated heterocycles. The fourth-order valence-electron chi connectivity index (χ4n) is 3.32. The van der Waals surface area contributed by atoms with E-state index < -0.39 is 0 Å². The molecule has 1 aliphatic carbocycles. The fourth-order valence-corrected chi connectivity index (χ4v) is 3.32. The van der Waals surface area contributed by atoms with Gasteiger partial charge in [0, 0.05) is 18.5 Å². The van der Waals surface area contributed by atoms with E-state index in [1.807, 2.05) is 18.2 Å². The molecule has 0 radical (unpaired) electrons. The lowest BCUT2D eigenvalue weighted by atomic mass is 9.75. The van der Waals surface area contributed by atoms with Crippen LogP contribution in [-0.4, -0.2) is 28.3 Å². The van der Waals surface area contributed by atoms with Gasteiger partial charge in [0.1, 0.15) is 5.76 Å². The van der Waals surface area contributed by atoms with Gasteiger partial charge >= 0.3 is 0 Å². The Hall–Kier alpha value is -2.14. The maximum Gasteiger partial charge on any atom is 0.273 e. The molecule has 0 unspecified atom stereocenters. The summed E-state index contributed by atoms with van der Waals surface area (Å²) >= 11 is 0. The molecule has 134 valence electrons. The highest BCUT2D eigenvalue weighted by molar-refractivity contribution is 5.92. The van der Waals surface area contributed by atoms with Crippen LogP contribution in [0.2, 0.25) is 0 Å². The summed E-state index contributed by atoms with van der Waals surface area (Å²) < 4.78 is 5.26. The van der Waals surface area contributed by atoms with E-state index in [0.29, 0.717) is 17.5 Å². The Balaban J connectivity index is 1.66. The van der Waals surface area contributed by atoms with Crippen molar-refractivity contribution >= 4 is 5.91 Å². The van der Waals surface area contributed by atoms with Crippen LogP contribution < -0.4 is 5.32 Å². The van der Waals surface area contributed by atoms with Crippen molar-refractivity contribution in [2.24, 2.45) is 11.8 Å². The van der Waals surface area contributed by atoms with Crippen LogP contribution in [0.5, 0.6) is 0 Å². The van der Waals surface area contributed by atoms with Crippen molar-refractivity contribution in [3.05, 3.63) is 53.4 Å². The van der Waals surface area contributed by atoms with Gasteiger partial charge in [-0.1, -0.05) is 49.3 Å². The summed E-state index contributed by atoms with van der Waals surface area (Å²) in [5, 5.41) is 16.6. The third-order valence-electron chi connectivity index (χ3n) is 4.73. The summed E-state index contributed by atoms with van der Waals surface area (Å²) in [5.41, 5.74) is 1.50. The molecule has 2 N–H and O–H groups in total. The molecule has 1 aromatic heterocycles. The predicted molar refractivity (Wildman–Crippen MR) is 95.2 cm³/mol. The van der Waals surface area contributed by atoms with E-state index in [9.17, 15) is 9.90 Å². The van der Waals surface area contributed by atoms with E-state index in [1.165, 1.54) is 5.56 Å². The van der Waals surface area contributed by atoms with Crippen molar-refractivity contribution in [1.29, 1.82) is 0 Å². The Morgan fingerprint density at radius 2 is 2.00 bits per heavy atom. The van der Waals surface area contributed by atoms with E-state index in [4.69, 9.17) is 4.52 Å². The van der Waals surface area contributed by atoms with Crippen LogP contribution in [0.3, 0.4) is 0 Å². The van der Waals surface area contributed by atoms with Gasteiger partial charge in [-0.15, -0.1) is 0 Å². The Kier molecular flexibility index (Phi) is 5.53. The molecular formula is C20H26N2O3. The first-order valence-corrected chi connectivity index (χ1v) is 8.99. The quantitative estimate of drug-likeness (QED) is 0.811. The molecule has 0 bridgehead atoms. The zero-order valence-corrected chi connectivity index (χ0v) is 14.8. The van der Waals surface area contributed by atoms with E-state index in [0.717, 1.165) is 31.4 Å². The fraction of sp³-hybridized carbons (Fsp3) is 0.500. The van der Waals surface area contributed by atoms with E-state index in [2.05, 4.69) is 36.5 Å². The summed E-state index contributed by atoms with van der Waals surface area (Å²) in [6.07, 6.45) is 2.73. The largest absolute Gasteiger partial charge is 0.393 e. The van der Waals surface area contributed by atoms with Crippen LogP contribution in [0.15, 0.2) is 40.9 Å². The van der Waals surface area contributed by atoms with Crippen LogP contribution in [0.4, 0.5) is 0 Å². The number of nitrogens with one attached hydrogen (secondary N) is 1. The molecule has 0 spiro atoms. The number of aliphatic hydroxyl groups is 1. The van der Waals surface area contributed by atoms with Crippen molar-refractivity contribution in [2.45, 2.75) is 51.7 Å². The second-order valence-corrected chi connectivity index (χ2v) is 7.43. The highest BCUT2D eigenvalue weighted by atomic mass is 16.5. The average molecular weight is 342 g/mol. The number of rotatable bonds is 7. The van der Waals surface area contributed by atoms with Crippen molar-refractivity contribution in [1.82, 2.24) is 10.5 Å². The van der Waals surface area contributed by atoms with Gasteiger partial charge in [-0.3, -0.25) is 4.79 Å². The first-order valence-electron chi connectivity index (χ1n) is 8.99. The average Bonchev–Trinajstić information content (AvgIpc) is 3.00. The van der Waals surface area contributed by atoms with Gasteiger partial charge in [-0.05, 0) is 36.7 Å². The highest BCUT2D eigenvalue weighted by Crippen LogP contribution is 2.32. The number of nitrogens with zero attached hydrogens (tertiary/aromatic N) is 1. The number of benzene rings is 1. The lowest BCUT2D eigenvalue weighted by molar-refractivity contribution is 0.0238. The smallest absolute Gasteiger partial charge is 0.273 e. The summed E-state index contributed by atoms with van der Waals surface area (Å²) in [6, 6.07) is 11.8. The molecule has 5 heteroatoms. The Labute approximate surface area is 148 Å². The van der Waals surface area contributed by atoms with Crippen LogP contribution >= 0.6 is 0 Å². The molecule has 0 aliphatic heterocycles. The van der Waals surface area contributed by atoms with Crippen LogP contribution in [0.1, 0.15) is 48.5 Å². The molecule has 1 atom stereocenters. The van der Waals surface area contributed by atoms with Crippen LogP contribution in [-0.2, 0) is 12.8 Å². The number of aromatic nitrogens is 1. The van der Waals surface area contributed by atoms with Crippen molar-refractivity contribution in [3.63, 3.8) is 0 Å². The molecule has 1 aromatic carbocycles. The van der Waals surface area contributed by atoms with E-state index in [1.54, 1.807) is 6.07 Å². The second-order valence-electron chi connectivity index (χ2n) is 7.43. The van der Waals surface area contributed by atoms with Crippen LogP contribution in [0.25, 0.3) is 0 Å². The minimum atomic E-state index is -0.245. The van der Waals surface area contributed by atoms with Gasteiger partial charge in [-0.25, -0.2) is 0 Å². The number of carbonyl (C=O) groups excluding carboxylic acids is 1. The van der Waals surface area contributed by atoms with Crippen molar-refractivity contribution in [3.8, 4) is 0 Å². The summed E-state index contributed by atoms with van der Waals surface area (Å²) in [4.78, 5) is 12.6.